The van der Waals surface area contributed by atoms with Crippen LogP contribution in [0.2, 0.25) is 5.15 Å². The van der Waals surface area contributed by atoms with E-state index < -0.39 is 17.8 Å². The molecule has 1 N–H and O–H groups in total. The molecule has 0 saturated heterocycles. The maximum Gasteiger partial charge on any atom is 0.337 e. The van der Waals surface area contributed by atoms with E-state index in [1.807, 2.05) is 0 Å². The SMILES string of the molecule is COC(=O)c1cc(NC(=O)c2cnc(SC)nc2Cl)cc(C(=O)OC)c1. The third kappa shape index (κ3) is 4.50. The first-order chi connectivity index (χ1) is 12.4. The lowest BCUT2D eigenvalue weighted by molar-refractivity contribution is 0.0599. The van der Waals surface area contributed by atoms with Crippen LogP contribution in [0.25, 0.3) is 0 Å². The van der Waals surface area contributed by atoms with Crippen LogP contribution in [0.5, 0.6) is 0 Å². The standard InChI is InChI=1S/C16H14ClN3O5S/c1-24-14(22)8-4-9(15(23)25-2)6-10(5-8)19-13(21)11-7-18-16(26-3)20-12(11)17/h4-7H,1-3H3,(H,19,21). The zero-order chi connectivity index (χ0) is 19.3. The Kier molecular flexibility index (Phi) is 6.53. The summed E-state index contributed by atoms with van der Waals surface area (Å²) in [6.07, 6.45) is 3.07. The lowest BCUT2D eigenvalue weighted by atomic mass is 10.1. The summed E-state index contributed by atoms with van der Waals surface area (Å²) < 4.78 is 9.29. The van der Waals surface area contributed by atoms with Crippen molar-refractivity contribution in [3.05, 3.63) is 46.2 Å². The van der Waals surface area contributed by atoms with Gasteiger partial charge in [0.05, 0.1) is 30.9 Å². The molecule has 0 fully saturated rings. The van der Waals surface area contributed by atoms with Gasteiger partial charge in [0.15, 0.2) is 5.16 Å². The van der Waals surface area contributed by atoms with E-state index in [9.17, 15) is 14.4 Å². The number of anilines is 1. The summed E-state index contributed by atoms with van der Waals surface area (Å²) in [7, 11) is 2.41. The Bertz CT molecular complexity index is 841. The van der Waals surface area contributed by atoms with Crippen LogP contribution in [0.1, 0.15) is 31.1 Å². The van der Waals surface area contributed by atoms with Gasteiger partial charge in [-0.25, -0.2) is 19.6 Å². The molecule has 0 saturated carbocycles. The minimum atomic E-state index is -0.669. The van der Waals surface area contributed by atoms with Crippen molar-refractivity contribution in [1.82, 2.24) is 9.97 Å². The molecule has 0 aliphatic rings. The second-order valence-electron chi connectivity index (χ2n) is 4.80. The molecule has 1 amide bonds. The molecule has 0 bridgehead atoms. The monoisotopic (exact) mass is 395 g/mol. The Labute approximate surface area is 158 Å². The molecule has 26 heavy (non-hydrogen) atoms. The molecule has 1 aromatic carbocycles. The van der Waals surface area contributed by atoms with Crippen LogP contribution in [-0.2, 0) is 9.47 Å². The van der Waals surface area contributed by atoms with E-state index in [1.165, 1.54) is 50.4 Å². The van der Waals surface area contributed by atoms with Gasteiger partial charge in [0.25, 0.3) is 5.91 Å². The van der Waals surface area contributed by atoms with Crippen molar-refractivity contribution < 1.29 is 23.9 Å². The van der Waals surface area contributed by atoms with Crippen molar-refractivity contribution >= 4 is 46.9 Å². The quantitative estimate of drug-likeness (QED) is 0.356. The number of ether oxygens (including phenoxy) is 2. The van der Waals surface area contributed by atoms with Gasteiger partial charge in [-0.2, -0.15) is 0 Å². The number of thioether (sulfide) groups is 1. The molecular formula is C16H14ClN3O5S. The zero-order valence-electron chi connectivity index (χ0n) is 14.0. The second kappa shape index (κ2) is 8.63. The number of nitrogens with one attached hydrogen (secondary N) is 1. The maximum atomic E-state index is 12.4. The Morgan fingerprint density at radius 3 is 2.12 bits per heavy atom. The average Bonchev–Trinajstić information content (AvgIpc) is 2.65. The summed E-state index contributed by atoms with van der Waals surface area (Å²) in [6, 6.07) is 4.03. The van der Waals surface area contributed by atoms with E-state index in [-0.39, 0.29) is 27.5 Å². The van der Waals surface area contributed by atoms with E-state index in [0.29, 0.717) is 5.16 Å². The van der Waals surface area contributed by atoms with Crippen LogP contribution >= 0.6 is 23.4 Å². The van der Waals surface area contributed by atoms with E-state index in [0.717, 1.165) is 0 Å². The molecule has 0 atom stereocenters. The molecule has 2 rings (SSSR count). The number of rotatable bonds is 5. The van der Waals surface area contributed by atoms with Gasteiger partial charge in [0.1, 0.15) is 5.15 Å². The van der Waals surface area contributed by atoms with Crippen LogP contribution in [0, 0.1) is 0 Å². The fourth-order valence-electron chi connectivity index (χ4n) is 1.97. The number of benzene rings is 1. The minimum Gasteiger partial charge on any atom is -0.465 e. The molecule has 10 heteroatoms. The number of halogens is 1. The van der Waals surface area contributed by atoms with Gasteiger partial charge in [-0.1, -0.05) is 23.4 Å². The molecule has 1 aromatic heterocycles. The molecule has 0 radical (unpaired) electrons. The summed E-state index contributed by atoms with van der Waals surface area (Å²) in [5.74, 6) is -1.94. The van der Waals surface area contributed by atoms with Crippen molar-refractivity contribution in [2.45, 2.75) is 5.16 Å². The summed E-state index contributed by atoms with van der Waals surface area (Å²) in [4.78, 5) is 44.0. The number of carbonyl (C=O) groups excluding carboxylic acids is 3. The third-order valence-electron chi connectivity index (χ3n) is 3.18. The summed E-state index contributed by atoms with van der Waals surface area (Å²) >= 11 is 7.29. The van der Waals surface area contributed by atoms with Crippen LogP contribution in [0.4, 0.5) is 5.69 Å². The number of amides is 1. The smallest absolute Gasteiger partial charge is 0.337 e. The second-order valence-corrected chi connectivity index (χ2v) is 5.93. The molecule has 0 aliphatic carbocycles. The first-order valence-electron chi connectivity index (χ1n) is 7.09. The molecule has 2 aromatic rings. The van der Waals surface area contributed by atoms with Crippen LogP contribution in [-0.4, -0.2) is 48.3 Å². The highest BCUT2D eigenvalue weighted by Crippen LogP contribution is 2.21. The fraction of sp³-hybridized carbons (Fsp3) is 0.188. The van der Waals surface area contributed by atoms with E-state index in [1.54, 1.807) is 6.26 Å². The number of hydrogen-bond donors (Lipinski definition) is 1. The lowest BCUT2D eigenvalue weighted by Gasteiger charge is -2.10. The van der Waals surface area contributed by atoms with Crippen LogP contribution in [0.3, 0.4) is 0 Å². The normalized spacial score (nSPS) is 10.2. The van der Waals surface area contributed by atoms with Gasteiger partial charge in [0.2, 0.25) is 0 Å². The topological polar surface area (TPSA) is 107 Å². The summed E-state index contributed by atoms with van der Waals surface area (Å²) in [5, 5.41) is 2.96. The number of esters is 2. The molecule has 0 unspecified atom stereocenters. The van der Waals surface area contributed by atoms with Crippen molar-refractivity contribution in [3.8, 4) is 0 Å². The summed E-state index contributed by atoms with van der Waals surface area (Å²) in [5.41, 5.74) is 0.382. The Morgan fingerprint density at radius 1 is 1.08 bits per heavy atom. The highest BCUT2D eigenvalue weighted by molar-refractivity contribution is 7.98. The zero-order valence-corrected chi connectivity index (χ0v) is 15.6. The van der Waals surface area contributed by atoms with Crippen LogP contribution in [0.15, 0.2) is 29.6 Å². The first kappa shape index (κ1) is 19.7. The molecule has 0 spiro atoms. The number of nitrogens with zero attached hydrogens (tertiary/aromatic N) is 2. The van der Waals surface area contributed by atoms with Gasteiger partial charge < -0.3 is 14.8 Å². The molecule has 0 aliphatic heterocycles. The highest BCUT2D eigenvalue weighted by atomic mass is 35.5. The third-order valence-corrected chi connectivity index (χ3v) is 4.03. The molecule has 136 valence electrons. The molecule has 1 heterocycles. The van der Waals surface area contributed by atoms with Gasteiger partial charge in [0, 0.05) is 11.9 Å². The first-order valence-corrected chi connectivity index (χ1v) is 8.69. The maximum absolute atomic E-state index is 12.4. The highest BCUT2D eigenvalue weighted by Gasteiger charge is 2.17. The summed E-state index contributed by atoms with van der Waals surface area (Å²) in [6.45, 7) is 0. The minimum absolute atomic E-state index is 0.0147. The number of methoxy groups -OCH3 is 2. The van der Waals surface area contributed by atoms with Crippen LogP contribution < -0.4 is 5.32 Å². The number of aromatic nitrogens is 2. The molecular weight excluding hydrogens is 382 g/mol. The Morgan fingerprint density at radius 2 is 1.65 bits per heavy atom. The van der Waals surface area contributed by atoms with Gasteiger partial charge in [-0.3, -0.25) is 4.79 Å². The van der Waals surface area contributed by atoms with Crippen molar-refractivity contribution in [3.63, 3.8) is 0 Å². The van der Waals surface area contributed by atoms with Crippen molar-refractivity contribution in [1.29, 1.82) is 0 Å². The van der Waals surface area contributed by atoms with E-state index >= 15 is 0 Å². The van der Waals surface area contributed by atoms with Crippen molar-refractivity contribution in [2.75, 3.05) is 25.8 Å². The van der Waals surface area contributed by atoms with Gasteiger partial charge in [-0.15, -0.1) is 0 Å². The lowest BCUT2D eigenvalue weighted by Crippen LogP contribution is -2.15. The fourth-order valence-corrected chi connectivity index (χ4v) is 2.57. The van der Waals surface area contributed by atoms with Gasteiger partial charge >= 0.3 is 11.9 Å². The number of carbonyl (C=O) groups is 3. The predicted molar refractivity (Wildman–Crippen MR) is 95.9 cm³/mol. The Hall–Kier alpha value is -2.65. The Balaban J connectivity index is 2.37. The predicted octanol–water partition coefficient (Wildman–Crippen LogP) is 2.68. The van der Waals surface area contributed by atoms with Gasteiger partial charge in [-0.05, 0) is 24.5 Å². The largest absolute Gasteiger partial charge is 0.465 e. The number of hydrogen-bond acceptors (Lipinski definition) is 8. The van der Waals surface area contributed by atoms with E-state index in [4.69, 9.17) is 11.6 Å². The average molecular weight is 396 g/mol. The van der Waals surface area contributed by atoms with E-state index in [2.05, 4.69) is 24.8 Å². The van der Waals surface area contributed by atoms with Crippen molar-refractivity contribution in [2.24, 2.45) is 0 Å². The molecule has 8 nitrogen and oxygen atoms in total.